The number of hydrogen-bond acceptors (Lipinski definition) is 4. The monoisotopic (exact) mass is 230 g/mol. The molecule has 0 aliphatic carbocycles. The molecule has 5 nitrogen and oxygen atoms in total. The average molecular weight is 230 g/mol. The number of nitrogens with zero attached hydrogens (tertiary/aromatic N) is 2. The highest BCUT2D eigenvalue weighted by Gasteiger charge is 2.14. The Bertz CT molecular complexity index is 541. The lowest BCUT2D eigenvalue weighted by atomic mass is 10.1. The van der Waals surface area contributed by atoms with Gasteiger partial charge in [-0.05, 0) is 35.4 Å². The standard InChI is InChI=1S/C12H10N2O3/c1-17-12-8-10(2-3-11(12)14(15)16)9-4-6-13-7-5-9/h2-8H,1H3. The molecule has 0 fully saturated rings. The van der Waals surface area contributed by atoms with Gasteiger partial charge in [0, 0.05) is 18.5 Å². The zero-order valence-electron chi connectivity index (χ0n) is 9.16. The van der Waals surface area contributed by atoms with Crippen molar-refractivity contribution in [1.82, 2.24) is 4.98 Å². The largest absolute Gasteiger partial charge is 0.490 e. The molecule has 5 heteroatoms. The van der Waals surface area contributed by atoms with Crippen LogP contribution < -0.4 is 4.74 Å². The normalized spacial score (nSPS) is 9.94. The van der Waals surface area contributed by atoms with Crippen LogP contribution in [0.15, 0.2) is 42.7 Å². The maximum Gasteiger partial charge on any atom is 0.310 e. The zero-order chi connectivity index (χ0) is 12.3. The third kappa shape index (κ3) is 2.23. The van der Waals surface area contributed by atoms with Crippen LogP contribution in [0.2, 0.25) is 0 Å². The Kier molecular flexibility index (Phi) is 3.00. The third-order valence-corrected chi connectivity index (χ3v) is 2.39. The van der Waals surface area contributed by atoms with E-state index in [1.165, 1.54) is 13.2 Å². The number of rotatable bonds is 3. The highest BCUT2D eigenvalue weighted by atomic mass is 16.6. The molecule has 17 heavy (non-hydrogen) atoms. The van der Waals surface area contributed by atoms with E-state index < -0.39 is 4.92 Å². The minimum absolute atomic E-state index is 0.0368. The van der Waals surface area contributed by atoms with E-state index in [1.54, 1.807) is 24.5 Å². The van der Waals surface area contributed by atoms with Crippen LogP contribution in [0.25, 0.3) is 11.1 Å². The molecule has 0 aliphatic heterocycles. The summed E-state index contributed by atoms with van der Waals surface area (Å²) in [5.74, 6) is 0.254. The maximum atomic E-state index is 10.7. The van der Waals surface area contributed by atoms with Gasteiger partial charge >= 0.3 is 5.69 Å². The van der Waals surface area contributed by atoms with Crippen molar-refractivity contribution in [2.24, 2.45) is 0 Å². The van der Waals surface area contributed by atoms with Crippen LogP contribution in [0.3, 0.4) is 0 Å². The summed E-state index contributed by atoms with van der Waals surface area (Å²) in [5.41, 5.74) is 1.76. The molecule has 86 valence electrons. The number of benzene rings is 1. The molecule has 0 amide bonds. The lowest BCUT2D eigenvalue weighted by Crippen LogP contribution is -1.93. The van der Waals surface area contributed by atoms with E-state index in [4.69, 9.17) is 4.74 Å². The van der Waals surface area contributed by atoms with E-state index in [1.807, 2.05) is 12.1 Å². The lowest BCUT2D eigenvalue weighted by Gasteiger charge is -2.05. The van der Waals surface area contributed by atoms with Crippen molar-refractivity contribution in [3.05, 3.63) is 52.8 Å². The first-order chi connectivity index (χ1) is 8.22. The van der Waals surface area contributed by atoms with Crippen LogP contribution in [0.5, 0.6) is 5.75 Å². The van der Waals surface area contributed by atoms with Gasteiger partial charge in [-0.1, -0.05) is 0 Å². The molecule has 0 N–H and O–H groups in total. The van der Waals surface area contributed by atoms with Gasteiger partial charge in [-0.25, -0.2) is 0 Å². The van der Waals surface area contributed by atoms with Gasteiger partial charge in [0.05, 0.1) is 12.0 Å². The van der Waals surface area contributed by atoms with Gasteiger partial charge in [0.2, 0.25) is 0 Å². The first kappa shape index (κ1) is 11.1. The fraction of sp³-hybridized carbons (Fsp3) is 0.0833. The molecule has 0 saturated heterocycles. The zero-order valence-corrected chi connectivity index (χ0v) is 9.16. The number of hydrogen-bond donors (Lipinski definition) is 0. The molecular weight excluding hydrogens is 220 g/mol. The fourth-order valence-electron chi connectivity index (χ4n) is 1.55. The highest BCUT2D eigenvalue weighted by molar-refractivity contribution is 5.67. The summed E-state index contributed by atoms with van der Waals surface area (Å²) in [6.07, 6.45) is 3.34. The fourth-order valence-corrected chi connectivity index (χ4v) is 1.55. The van der Waals surface area contributed by atoms with Gasteiger partial charge in [-0.2, -0.15) is 0 Å². The Labute approximate surface area is 97.8 Å². The number of aromatic nitrogens is 1. The van der Waals surface area contributed by atoms with Crippen LogP contribution in [-0.2, 0) is 0 Å². The van der Waals surface area contributed by atoms with Gasteiger partial charge in [-0.3, -0.25) is 15.1 Å². The lowest BCUT2D eigenvalue weighted by molar-refractivity contribution is -0.385. The molecule has 0 atom stereocenters. The van der Waals surface area contributed by atoms with Gasteiger partial charge in [0.25, 0.3) is 0 Å². The second-order valence-corrected chi connectivity index (χ2v) is 3.38. The van der Waals surface area contributed by atoms with E-state index in [2.05, 4.69) is 4.98 Å². The summed E-state index contributed by atoms with van der Waals surface area (Å²) >= 11 is 0. The molecule has 1 aromatic carbocycles. The molecule has 2 aromatic rings. The van der Waals surface area contributed by atoms with Crippen molar-refractivity contribution in [3.8, 4) is 16.9 Å². The van der Waals surface area contributed by atoms with Crippen LogP contribution in [0.4, 0.5) is 5.69 Å². The van der Waals surface area contributed by atoms with E-state index in [0.717, 1.165) is 11.1 Å². The highest BCUT2D eigenvalue weighted by Crippen LogP contribution is 2.31. The summed E-state index contributed by atoms with van der Waals surface area (Å²) in [6, 6.07) is 8.44. The number of ether oxygens (including phenoxy) is 1. The van der Waals surface area contributed by atoms with Crippen LogP contribution in [0, 0.1) is 10.1 Å². The predicted molar refractivity (Wildman–Crippen MR) is 62.9 cm³/mol. The third-order valence-electron chi connectivity index (χ3n) is 2.39. The SMILES string of the molecule is COc1cc(-c2ccncc2)ccc1[N+](=O)[O-]. The van der Waals surface area contributed by atoms with Gasteiger partial charge in [0.15, 0.2) is 5.75 Å². The smallest absolute Gasteiger partial charge is 0.310 e. The Balaban J connectivity index is 2.49. The van der Waals surface area contributed by atoms with Crippen molar-refractivity contribution in [3.63, 3.8) is 0 Å². The molecular formula is C12H10N2O3. The van der Waals surface area contributed by atoms with E-state index in [9.17, 15) is 10.1 Å². The summed E-state index contributed by atoms with van der Waals surface area (Å²) in [5, 5.41) is 10.7. The second kappa shape index (κ2) is 4.61. The predicted octanol–water partition coefficient (Wildman–Crippen LogP) is 2.67. The van der Waals surface area contributed by atoms with E-state index in [0.29, 0.717) is 0 Å². The Morgan fingerprint density at radius 2 is 1.88 bits per heavy atom. The number of pyridine rings is 1. The number of nitro benzene ring substituents is 1. The summed E-state index contributed by atoms with van der Waals surface area (Å²) < 4.78 is 5.01. The molecule has 2 rings (SSSR count). The maximum absolute atomic E-state index is 10.7. The second-order valence-electron chi connectivity index (χ2n) is 3.38. The number of methoxy groups -OCH3 is 1. The first-order valence-electron chi connectivity index (χ1n) is 4.95. The van der Waals surface area contributed by atoms with Crippen molar-refractivity contribution in [2.75, 3.05) is 7.11 Å². The molecule has 0 saturated carbocycles. The molecule has 0 bridgehead atoms. The van der Waals surface area contributed by atoms with Crippen molar-refractivity contribution < 1.29 is 9.66 Å². The first-order valence-corrected chi connectivity index (χ1v) is 4.95. The van der Waals surface area contributed by atoms with Crippen LogP contribution in [-0.4, -0.2) is 17.0 Å². The van der Waals surface area contributed by atoms with E-state index in [-0.39, 0.29) is 11.4 Å². The molecule has 0 radical (unpaired) electrons. The summed E-state index contributed by atoms with van der Waals surface area (Å²) in [4.78, 5) is 14.2. The Morgan fingerprint density at radius 3 is 2.47 bits per heavy atom. The van der Waals surface area contributed by atoms with Crippen LogP contribution in [0.1, 0.15) is 0 Å². The van der Waals surface area contributed by atoms with Crippen molar-refractivity contribution >= 4 is 5.69 Å². The van der Waals surface area contributed by atoms with Gasteiger partial charge in [-0.15, -0.1) is 0 Å². The van der Waals surface area contributed by atoms with Crippen molar-refractivity contribution in [1.29, 1.82) is 0 Å². The minimum atomic E-state index is -0.463. The average Bonchev–Trinajstić information content (AvgIpc) is 2.39. The number of nitro groups is 1. The van der Waals surface area contributed by atoms with Gasteiger partial charge in [0.1, 0.15) is 0 Å². The molecule has 1 aromatic heterocycles. The van der Waals surface area contributed by atoms with Crippen LogP contribution >= 0.6 is 0 Å². The Morgan fingerprint density at radius 1 is 1.18 bits per heavy atom. The van der Waals surface area contributed by atoms with E-state index >= 15 is 0 Å². The van der Waals surface area contributed by atoms with Crippen molar-refractivity contribution in [2.45, 2.75) is 0 Å². The van der Waals surface area contributed by atoms with Gasteiger partial charge < -0.3 is 4.74 Å². The molecule has 0 spiro atoms. The minimum Gasteiger partial charge on any atom is -0.490 e. The molecule has 0 aliphatic rings. The molecule has 0 unspecified atom stereocenters. The topological polar surface area (TPSA) is 65.3 Å². The molecule has 1 heterocycles. The summed E-state index contributed by atoms with van der Waals surface area (Å²) in [6.45, 7) is 0. The quantitative estimate of drug-likeness (QED) is 0.600. The summed E-state index contributed by atoms with van der Waals surface area (Å²) in [7, 11) is 1.42. The Hall–Kier alpha value is -2.43.